The third-order valence-corrected chi connectivity index (χ3v) is 12.0. The maximum Gasteiger partial charge on any atom is 0.303 e. The van der Waals surface area contributed by atoms with Crippen LogP contribution in [0.25, 0.3) is 0 Å². The minimum absolute atomic E-state index is 0.0724. The number of aliphatic hydroxyl groups excluding tert-OH is 1. The number of hydrogen-bond donors (Lipinski definition) is 3. The van der Waals surface area contributed by atoms with Crippen LogP contribution in [0.3, 0.4) is 0 Å². The number of rotatable bonds is 15. The number of aliphatic carboxylic acids is 1. The molecule has 0 aromatic heterocycles. The number of hydrogen-bond acceptors (Lipinski definition) is 5. The van der Waals surface area contributed by atoms with Gasteiger partial charge in [0.25, 0.3) is 0 Å². The van der Waals surface area contributed by atoms with E-state index in [0.29, 0.717) is 18.6 Å². The Balaban J connectivity index is 2.23. The molecule has 0 bridgehead atoms. The van der Waals surface area contributed by atoms with E-state index in [2.05, 4.69) is 44.7 Å². The molecule has 0 aliphatic rings. The lowest BCUT2D eigenvalue weighted by Gasteiger charge is -2.30. The first-order valence-corrected chi connectivity index (χ1v) is 15.8. The summed E-state index contributed by atoms with van der Waals surface area (Å²) < 4.78 is 11.8. The molecular weight excluding hydrogens is 472 g/mol. The summed E-state index contributed by atoms with van der Waals surface area (Å²) in [6.07, 6.45) is 1.67. The standard InChI is InChI=1S/C29H44O6Si/c1-7-16-36(6,25-12-14-27(22(5)18-25)35-20-29(33,8-2)9-3)24-11-13-26(21(4)17-24)34-19-23(30)10-15-28(31)32/h11-14,17-18,23,30,33H,7-10,15-16,19-20H2,1-6H3,(H,31,32)/t23-,36+/m0/s1. The van der Waals surface area contributed by atoms with Crippen molar-refractivity contribution in [2.45, 2.75) is 91.0 Å². The fourth-order valence-electron chi connectivity index (χ4n) is 4.49. The van der Waals surface area contributed by atoms with Gasteiger partial charge in [0.15, 0.2) is 0 Å². The number of aryl methyl sites for hydroxylation is 2. The number of carboxylic acid groups (broad SMARTS) is 1. The van der Waals surface area contributed by atoms with Gasteiger partial charge in [0.2, 0.25) is 0 Å². The minimum atomic E-state index is -2.03. The van der Waals surface area contributed by atoms with Gasteiger partial charge in [0.1, 0.15) is 32.8 Å². The summed E-state index contributed by atoms with van der Waals surface area (Å²) >= 11 is 0. The average molecular weight is 517 g/mol. The molecule has 0 spiro atoms. The molecule has 0 unspecified atom stereocenters. The highest BCUT2D eigenvalue weighted by atomic mass is 28.3. The first kappa shape index (κ1) is 29.9. The van der Waals surface area contributed by atoms with Crippen LogP contribution >= 0.6 is 0 Å². The first-order valence-electron chi connectivity index (χ1n) is 13.1. The van der Waals surface area contributed by atoms with Crippen LogP contribution < -0.4 is 19.8 Å². The zero-order valence-corrected chi connectivity index (χ0v) is 23.8. The summed E-state index contributed by atoms with van der Waals surface area (Å²) in [5, 5.41) is 32.0. The van der Waals surface area contributed by atoms with Gasteiger partial charge in [-0.2, -0.15) is 0 Å². The lowest BCUT2D eigenvalue weighted by molar-refractivity contribution is -0.137. The molecule has 0 amide bonds. The van der Waals surface area contributed by atoms with Crippen LogP contribution in [0.15, 0.2) is 36.4 Å². The SMILES string of the molecule is CCC[Si@](C)(c1ccc(OC[C@@H](O)CCC(=O)O)c(C)c1)c1ccc(OCC(O)(CC)CC)c(C)c1. The summed E-state index contributed by atoms with van der Waals surface area (Å²) in [5.41, 5.74) is 1.27. The molecule has 2 aromatic carbocycles. The van der Waals surface area contributed by atoms with Gasteiger partial charge in [-0.1, -0.05) is 68.4 Å². The van der Waals surface area contributed by atoms with E-state index in [1.807, 2.05) is 32.9 Å². The van der Waals surface area contributed by atoms with Crippen molar-refractivity contribution in [3.05, 3.63) is 47.5 Å². The van der Waals surface area contributed by atoms with Crippen molar-refractivity contribution >= 4 is 24.4 Å². The van der Waals surface area contributed by atoms with Crippen LogP contribution in [-0.2, 0) is 4.79 Å². The smallest absolute Gasteiger partial charge is 0.303 e. The van der Waals surface area contributed by atoms with E-state index in [1.165, 1.54) is 10.4 Å². The van der Waals surface area contributed by atoms with Gasteiger partial charge < -0.3 is 24.8 Å². The average Bonchev–Trinajstić information content (AvgIpc) is 2.85. The van der Waals surface area contributed by atoms with Crippen LogP contribution in [0.2, 0.25) is 12.6 Å². The van der Waals surface area contributed by atoms with Crippen molar-refractivity contribution in [1.82, 2.24) is 0 Å². The molecule has 7 heteroatoms. The van der Waals surface area contributed by atoms with Gasteiger partial charge in [0, 0.05) is 6.42 Å². The van der Waals surface area contributed by atoms with Crippen LogP contribution in [-0.4, -0.2) is 54.3 Å². The Hall–Kier alpha value is -2.35. The molecule has 2 atom stereocenters. The Morgan fingerprint density at radius 2 is 1.50 bits per heavy atom. The molecule has 3 N–H and O–H groups in total. The van der Waals surface area contributed by atoms with E-state index in [9.17, 15) is 15.0 Å². The first-order chi connectivity index (χ1) is 17.0. The Morgan fingerprint density at radius 1 is 0.972 bits per heavy atom. The van der Waals surface area contributed by atoms with Crippen LogP contribution in [0.5, 0.6) is 11.5 Å². The molecule has 0 aliphatic heterocycles. The minimum Gasteiger partial charge on any atom is -0.491 e. The molecule has 0 aliphatic carbocycles. The van der Waals surface area contributed by atoms with Crippen molar-refractivity contribution in [3.63, 3.8) is 0 Å². The third kappa shape index (κ3) is 7.82. The van der Waals surface area contributed by atoms with Crippen molar-refractivity contribution < 1.29 is 29.6 Å². The summed E-state index contributed by atoms with van der Waals surface area (Å²) in [5.74, 6) is 0.599. The lowest BCUT2D eigenvalue weighted by Crippen LogP contribution is -2.55. The normalized spacial score (nSPS) is 14.2. The second kappa shape index (κ2) is 13.3. The molecule has 0 saturated carbocycles. The number of aliphatic hydroxyl groups is 2. The topological polar surface area (TPSA) is 96.2 Å². The van der Waals surface area contributed by atoms with E-state index in [1.54, 1.807) is 0 Å². The van der Waals surface area contributed by atoms with Gasteiger partial charge >= 0.3 is 5.97 Å². The molecule has 6 nitrogen and oxygen atoms in total. The highest BCUT2D eigenvalue weighted by Crippen LogP contribution is 2.24. The van der Waals surface area contributed by atoms with E-state index in [-0.39, 0.29) is 26.1 Å². The fourth-order valence-corrected chi connectivity index (χ4v) is 8.37. The van der Waals surface area contributed by atoms with Gasteiger partial charge in [-0.15, -0.1) is 0 Å². The van der Waals surface area contributed by atoms with Crippen molar-refractivity contribution in [1.29, 1.82) is 0 Å². The number of carbonyl (C=O) groups is 1. The van der Waals surface area contributed by atoms with Gasteiger partial charge in [-0.3, -0.25) is 4.79 Å². The molecule has 0 heterocycles. The molecule has 0 fully saturated rings. The Bertz CT molecular complexity index is 1000. The number of carboxylic acids is 1. The maximum atomic E-state index is 10.7. The van der Waals surface area contributed by atoms with Crippen molar-refractivity contribution in [2.75, 3.05) is 13.2 Å². The predicted octanol–water partition coefficient (Wildman–Crippen LogP) is 4.44. The second-order valence-corrected chi connectivity index (χ2v) is 14.5. The second-order valence-electron chi connectivity index (χ2n) is 10.2. The number of benzene rings is 2. The van der Waals surface area contributed by atoms with Gasteiger partial charge in [-0.05, 0) is 62.4 Å². The largest absolute Gasteiger partial charge is 0.491 e. The van der Waals surface area contributed by atoms with Crippen LogP contribution in [0, 0.1) is 13.8 Å². The molecule has 36 heavy (non-hydrogen) atoms. The van der Waals surface area contributed by atoms with E-state index < -0.39 is 25.7 Å². The maximum absolute atomic E-state index is 10.7. The molecular formula is C29H44O6Si. The van der Waals surface area contributed by atoms with Crippen LogP contribution in [0.4, 0.5) is 0 Å². The quantitative estimate of drug-likeness (QED) is 0.303. The van der Waals surface area contributed by atoms with E-state index in [0.717, 1.165) is 29.3 Å². The summed E-state index contributed by atoms with van der Waals surface area (Å²) in [6, 6.07) is 13.9. The molecule has 0 saturated heterocycles. The summed E-state index contributed by atoms with van der Waals surface area (Å²) in [4.78, 5) is 10.7. The summed E-state index contributed by atoms with van der Waals surface area (Å²) in [6.45, 7) is 13.0. The molecule has 2 aromatic rings. The zero-order chi connectivity index (χ0) is 26.9. The van der Waals surface area contributed by atoms with Crippen molar-refractivity contribution in [3.8, 4) is 11.5 Å². The highest BCUT2D eigenvalue weighted by Gasteiger charge is 2.32. The zero-order valence-electron chi connectivity index (χ0n) is 22.8. The Labute approximate surface area is 217 Å². The van der Waals surface area contributed by atoms with E-state index in [4.69, 9.17) is 14.6 Å². The Morgan fingerprint density at radius 3 is 1.94 bits per heavy atom. The highest BCUT2D eigenvalue weighted by molar-refractivity contribution is 7.01. The lowest BCUT2D eigenvalue weighted by atomic mass is 9.99. The third-order valence-electron chi connectivity index (χ3n) is 7.31. The van der Waals surface area contributed by atoms with E-state index >= 15 is 0 Å². The van der Waals surface area contributed by atoms with Gasteiger partial charge in [-0.25, -0.2) is 0 Å². The monoisotopic (exact) mass is 516 g/mol. The molecule has 200 valence electrons. The van der Waals surface area contributed by atoms with Crippen LogP contribution in [0.1, 0.15) is 64.0 Å². The molecule has 0 radical (unpaired) electrons. The predicted molar refractivity (Wildman–Crippen MR) is 148 cm³/mol. The molecule has 2 rings (SSSR count). The van der Waals surface area contributed by atoms with Gasteiger partial charge in [0.05, 0.1) is 11.7 Å². The number of ether oxygens (including phenoxy) is 2. The summed E-state index contributed by atoms with van der Waals surface area (Å²) in [7, 11) is -2.03. The Kier molecular flexibility index (Phi) is 11.0. The van der Waals surface area contributed by atoms with Crippen molar-refractivity contribution in [2.24, 2.45) is 0 Å². The fraction of sp³-hybridized carbons (Fsp3) is 0.552.